The van der Waals surface area contributed by atoms with Crippen molar-refractivity contribution in [2.75, 3.05) is 0 Å². The molecule has 0 bridgehead atoms. The predicted molar refractivity (Wildman–Crippen MR) is 71.6 cm³/mol. The Bertz CT molecular complexity index is 660. The van der Waals surface area contributed by atoms with Crippen LogP contribution < -0.4 is 0 Å². The third-order valence-electron chi connectivity index (χ3n) is 2.75. The number of thiophene rings is 1. The first-order valence-corrected chi connectivity index (χ1v) is 6.24. The fourth-order valence-electron chi connectivity index (χ4n) is 1.88. The number of hydrogen-bond donors (Lipinski definition) is 1. The van der Waals surface area contributed by atoms with Gasteiger partial charge in [-0.05, 0) is 31.2 Å². The van der Waals surface area contributed by atoms with Gasteiger partial charge in [-0.25, -0.2) is 0 Å². The molecule has 0 atom stereocenters. The number of H-pyrrole nitrogens is 1. The molecule has 0 saturated carbocycles. The quantitative estimate of drug-likeness (QED) is 0.673. The summed E-state index contributed by atoms with van der Waals surface area (Å²) in [5.74, 6) is 0.123. The van der Waals surface area contributed by atoms with Crippen LogP contribution in [0.3, 0.4) is 0 Å². The molecule has 0 unspecified atom stereocenters. The maximum absolute atomic E-state index is 11.3. The molecular formula is C14H11NOS. The van der Waals surface area contributed by atoms with Crippen molar-refractivity contribution in [3.05, 3.63) is 47.3 Å². The number of aromatic amines is 1. The molecule has 2 heterocycles. The number of Topliss-reactive ketones (excluding diaryl/α,β-unsaturated/α-hetero) is 1. The molecule has 84 valence electrons. The van der Waals surface area contributed by atoms with Gasteiger partial charge in [-0.2, -0.15) is 0 Å². The van der Waals surface area contributed by atoms with Crippen molar-refractivity contribution in [2.45, 2.75) is 6.92 Å². The summed E-state index contributed by atoms with van der Waals surface area (Å²) in [6, 6.07) is 14.2. The van der Waals surface area contributed by atoms with Crippen LogP contribution in [-0.2, 0) is 0 Å². The number of nitrogens with one attached hydrogen (secondary N) is 1. The summed E-state index contributed by atoms with van der Waals surface area (Å²) in [5, 5.41) is 1.19. The number of benzene rings is 1. The summed E-state index contributed by atoms with van der Waals surface area (Å²) in [7, 11) is 0. The minimum atomic E-state index is 0.123. The van der Waals surface area contributed by atoms with Gasteiger partial charge in [0.1, 0.15) is 0 Å². The van der Waals surface area contributed by atoms with Gasteiger partial charge >= 0.3 is 0 Å². The Morgan fingerprint density at radius 3 is 2.71 bits per heavy atom. The van der Waals surface area contributed by atoms with E-state index in [0.717, 1.165) is 21.0 Å². The Morgan fingerprint density at radius 1 is 1.18 bits per heavy atom. The molecule has 3 heteroatoms. The number of aromatic nitrogens is 1. The highest BCUT2D eigenvalue weighted by atomic mass is 32.1. The van der Waals surface area contributed by atoms with Gasteiger partial charge in [0.05, 0.1) is 15.4 Å². The number of carbonyl (C=O) groups is 1. The van der Waals surface area contributed by atoms with Gasteiger partial charge in [0, 0.05) is 10.9 Å². The SMILES string of the molecule is CC(=O)c1ccc(-c2cc3ccccc3[nH]2)s1. The lowest BCUT2D eigenvalue weighted by atomic mass is 10.2. The van der Waals surface area contributed by atoms with Crippen LogP contribution in [0, 0.1) is 0 Å². The average Bonchev–Trinajstić information content (AvgIpc) is 2.95. The number of hydrogen-bond acceptors (Lipinski definition) is 2. The van der Waals surface area contributed by atoms with Gasteiger partial charge in [0.15, 0.2) is 5.78 Å². The second-order valence-corrected chi connectivity index (χ2v) is 5.07. The van der Waals surface area contributed by atoms with E-state index in [9.17, 15) is 4.79 Å². The summed E-state index contributed by atoms with van der Waals surface area (Å²) in [5.41, 5.74) is 2.20. The van der Waals surface area contributed by atoms with Crippen molar-refractivity contribution >= 4 is 28.0 Å². The summed E-state index contributed by atoms with van der Waals surface area (Å²) >= 11 is 1.53. The second-order valence-electron chi connectivity index (χ2n) is 3.99. The van der Waals surface area contributed by atoms with E-state index in [1.165, 1.54) is 16.7 Å². The molecule has 0 aliphatic rings. The number of rotatable bonds is 2. The van der Waals surface area contributed by atoms with Crippen molar-refractivity contribution in [3.8, 4) is 10.6 Å². The van der Waals surface area contributed by atoms with Crippen LogP contribution in [0.4, 0.5) is 0 Å². The summed E-state index contributed by atoms with van der Waals surface area (Å²) < 4.78 is 0. The number of carbonyl (C=O) groups excluding carboxylic acids is 1. The van der Waals surface area contributed by atoms with E-state index in [1.54, 1.807) is 6.92 Å². The van der Waals surface area contributed by atoms with Gasteiger partial charge in [-0.1, -0.05) is 18.2 Å². The minimum absolute atomic E-state index is 0.123. The normalized spacial score (nSPS) is 10.9. The van der Waals surface area contributed by atoms with Gasteiger partial charge in [0.25, 0.3) is 0 Å². The molecule has 17 heavy (non-hydrogen) atoms. The summed E-state index contributed by atoms with van der Waals surface area (Å²) in [6.45, 7) is 1.60. The van der Waals surface area contributed by atoms with Crippen molar-refractivity contribution in [3.63, 3.8) is 0 Å². The molecule has 0 saturated heterocycles. The van der Waals surface area contributed by atoms with E-state index in [-0.39, 0.29) is 5.78 Å². The van der Waals surface area contributed by atoms with Crippen molar-refractivity contribution < 1.29 is 4.79 Å². The first-order chi connectivity index (χ1) is 8.24. The van der Waals surface area contributed by atoms with Gasteiger partial charge in [0.2, 0.25) is 0 Å². The van der Waals surface area contributed by atoms with E-state index in [4.69, 9.17) is 0 Å². The molecule has 0 radical (unpaired) electrons. The fraction of sp³-hybridized carbons (Fsp3) is 0.0714. The zero-order chi connectivity index (χ0) is 11.8. The molecule has 1 N–H and O–H groups in total. The average molecular weight is 241 g/mol. The standard InChI is InChI=1S/C14H11NOS/c1-9(16)13-6-7-14(17-13)12-8-10-4-2-3-5-11(10)15-12/h2-8,15H,1H3. The number of fused-ring (bicyclic) bond motifs is 1. The van der Waals surface area contributed by atoms with Crippen LogP contribution in [0.5, 0.6) is 0 Å². The molecule has 0 spiro atoms. The summed E-state index contributed by atoms with van der Waals surface area (Å²) in [4.78, 5) is 16.5. The zero-order valence-electron chi connectivity index (χ0n) is 9.36. The molecule has 1 aromatic carbocycles. The minimum Gasteiger partial charge on any atom is -0.354 e. The smallest absolute Gasteiger partial charge is 0.169 e. The maximum atomic E-state index is 11.3. The lowest BCUT2D eigenvalue weighted by Crippen LogP contribution is -1.83. The molecule has 0 aliphatic heterocycles. The van der Waals surface area contributed by atoms with Crippen molar-refractivity contribution in [2.24, 2.45) is 0 Å². The molecule has 2 aromatic heterocycles. The third-order valence-corrected chi connectivity index (χ3v) is 3.97. The predicted octanol–water partition coefficient (Wildman–Crippen LogP) is 4.10. The highest BCUT2D eigenvalue weighted by Gasteiger charge is 2.08. The molecule has 3 rings (SSSR count). The van der Waals surface area contributed by atoms with Crippen LogP contribution in [0.25, 0.3) is 21.5 Å². The third kappa shape index (κ3) is 1.78. The first-order valence-electron chi connectivity index (χ1n) is 5.43. The lowest BCUT2D eigenvalue weighted by Gasteiger charge is -1.89. The largest absolute Gasteiger partial charge is 0.354 e. The Morgan fingerprint density at radius 2 is 2.00 bits per heavy atom. The maximum Gasteiger partial charge on any atom is 0.169 e. The summed E-state index contributed by atoms with van der Waals surface area (Å²) in [6.07, 6.45) is 0. The number of ketones is 1. The molecule has 2 nitrogen and oxygen atoms in total. The van der Waals surface area contributed by atoms with Gasteiger partial charge in [-0.15, -0.1) is 11.3 Å². The van der Waals surface area contributed by atoms with Crippen LogP contribution >= 0.6 is 11.3 Å². The first kappa shape index (κ1) is 10.3. The van der Waals surface area contributed by atoms with E-state index in [2.05, 4.69) is 23.2 Å². The Kier molecular flexibility index (Phi) is 2.34. The van der Waals surface area contributed by atoms with E-state index in [0.29, 0.717) is 0 Å². The fourth-order valence-corrected chi connectivity index (χ4v) is 2.75. The van der Waals surface area contributed by atoms with E-state index >= 15 is 0 Å². The Balaban J connectivity index is 2.10. The molecule has 3 aromatic rings. The van der Waals surface area contributed by atoms with Crippen LogP contribution in [-0.4, -0.2) is 10.8 Å². The molecular weight excluding hydrogens is 230 g/mol. The molecule has 0 fully saturated rings. The van der Waals surface area contributed by atoms with Crippen LogP contribution in [0.1, 0.15) is 16.6 Å². The molecule has 0 amide bonds. The molecule has 0 aliphatic carbocycles. The van der Waals surface area contributed by atoms with Crippen LogP contribution in [0.2, 0.25) is 0 Å². The Hall–Kier alpha value is -1.87. The number of para-hydroxylation sites is 1. The second kappa shape index (κ2) is 3.86. The van der Waals surface area contributed by atoms with Crippen molar-refractivity contribution in [1.29, 1.82) is 0 Å². The zero-order valence-corrected chi connectivity index (χ0v) is 10.2. The van der Waals surface area contributed by atoms with E-state index in [1.807, 2.05) is 24.3 Å². The van der Waals surface area contributed by atoms with Gasteiger partial charge in [-0.3, -0.25) is 4.79 Å². The monoisotopic (exact) mass is 241 g/mol. The topological polar surface area (TPSA) is 32.9 Å². The van der Waals surface area contributed by atoms with Gasteiger partial charge < -0.3 is 4.98 Å². The highest BCUT2D eigenvalue weighted by molar-refractivity contribution is 7.17. The van der Waals surface area contributed by atoms with Crippen molar-refractivity contribution in [1.82, 2.24) is 4.98 Å². The lowest BCUT2D eigenvalue weighted by molar-refractivity contribution is 0.102. The highest BCUT2D eigenvalue weighted by Crippen LogP contribution is 2.30. The van der Waals surface area contributed by atoms with E-state index < -0.39 is 0 Å². The van der Waals surface area contributed by atoms with Crippen LogP contribution in [0.15, 0.2) is 42.5 Å². The Labute approximate surface area is 103 Å².